The average Bonchev–Trinajstić information content (AvgIpc) is 2.45. The van der Waals surface area contributed by atoms with E-state index in [1.165, 1.54) is 16.2 Å². The van der Waals surface area contributed by atoms with Gasteiger partial charge in [0.25, 0.3) is 0 Å². The third kappa shape index (κ3) is 2.22. The van der Waals surface area contributed by atoms with Crippen LogP contribution in [0.25, 0.3) is 21.5 Å². The van der Waals surface area contributed by atoms with E-state index in [1.54, 1.807) is 7.05 Å². The van der Waals surface area contributed by atoms with Crippen LogP contribution in [0.3, 0.4) is 0 Å². The highest BCUT2D eigenvalue weighted by atomic mass is 16.2. The van der Waals surface area contributed by atoms with Gasteiger partial charge in [0.05, 0.1) is 0 Å². The van der Waals surface area contributed by atoms with E-state index in [2.05, 4.69) is 34.9 Å². The first-order valence-electron chi connectivity index (χ1n) is 6.17. The van der Waals surface area contributed by atoms with Crippen molar-refractivity contribution in [1.29, 1.82) is 0 Å². The second-order valence-corrected chi connectivity index (χ2v) is 4.47. The number of nitrogens with one attached hydrogen (secondary N) is 2. The van der Waals surface area contributed by atoms with Gasteiger partial charge in [-0.3, -0.25) is 0 Å². The predicted molar refractivity (Wildman–Crippen MR) is 79.5 cm³/mol. The van der Waals surface area contributed by atoms with Crippen LogP contribution in [0.1, 0.15) is 0 Å². The molecule has 0 radical (unpaired) electrons. The van der Waals surface area contributed by atoms with Crippen LogP contribution in [-0.4, -0.2) is 13.1 Å². The Labute approximate surface area is 111 Å². The van der Waals surface area contributed by atoms with Crippen LogP contribution in [0.2, 0.25) is 0 Å². The Bertz CT molecular complexity index is 765. The summed E-state index contributed by atoms with van der Waals surface area (Å²) in [6.45, 7) is 0. The Morgan fingerprint density at radius 2 is 1.47 bits per heavy atom. The molecule has 0 aromatic heterocycles. The zero-order chi connectivity index (χ0) is 13.2. The molecule has 0 unspecified atom stereocenters. The largest absolute Gasteiger partial charge is 0.341 e. The lowest BCUT2D eigenvalue weighted by molar-refractivity contribution is 0.254. The van der Waals surface area contributed by atoms with Gasteiger partial charge in [-0.05, 0) is 45.8 Å². The highest BCUT2D eigenvalue weighted by molar-refractivity contribution is 6.00. The third-order valence-electron chi connectivity index (χ3n) is 3.19. The minimum absolute atomic E-state index is 0.208. The van der Waals surface area contributed by atoms with Gasteiger partial charge in [0.2, 0.25) is 0 Å². The van der Waals surface area contributed by atoms with Crippen molar-refractivity contribution in [2.24, 2.45) is 0 Å². The van der Waals surface area contributed by atoms with E-state index in [1.807, 2.05) is 30.3 Å². The summed E-state index contributed by atoms with van der Waals surface area (Å²) in [4.78, 5) is 11.3. The molecule has 3 heteroatoms. The average molecular weight is 250 g/mol. The topological polar surface area (TPSA) is 41.1 Å². The van der Waals surface area contributed by atoms with Crippen molar-refractivity contribution < 1.29 is 4.79 Å². The Kier molecular flexibility index (Phi) is 2.80. The lowest BCUT2D eigenvalue weighted by Crippen LogP contribution is -2.24. The predicted octanol–water partition coefficient (Wildman–Crippen LogP) is 3.74. The highest BCUT2D eigenvalue weighted by Crippen LogP contribution is 2.25. The van der Waals surface area contributed by atoms with Gasteiger partial charge in [-0.2, -0.15) is 0 Å². The number of fused-ring (bicyclic) bond motifs is 2. The van der Waals surface area contributed by atoms with Crippen LogP contribution in [0.5, 0.6) is 0 Å². The Morgan fingerprint density at radius 1 is 0.842 bits per heavy atom. The zero-order valence-corrected chi connectivity index (χ0v) is 10.6. The van der Waals surface area contributed by atoms with Crippen LogP contribution < -0.4 is 10.6 Å². The molecule has 0 aliphatic rings. The number of benzene rings is 3. The molecule has 3 aromatic carbocycles. The number of rotatable bonds is 1. The standard InChI is InChI=1S/C16H14N2O/c1-17-16(19)18-15-7-6-13-8-11-4-2-3-5-12(11)9-14(13)10-15/h2-10H,1H3,(H2,17,18,19). The van der Waals surface area contributed by atoms with Crippen LogP contribution in [-0.2, 0) is 0 Å². The lowest BCUT2D eigenvalue weighted by Gasteiger charge is -2.07. The second-order valence-electron chi connectivity index (χ2n) is 4.47. The fourth-order valence-corrected chi connectivity index (χ4v) is 2.21. The van der Waals surface area contributed by atoms with E-state index >= 15 is 0 Å². The molecule has 0 fully saturated rings. The first kappa shape index (κ1) is 11.5. The molecular formula is C16H14N2O. The molecule has 0 saturated heterocycles. The van der Waals surface area contributed by atoms with Gasteiger partial charge in [0.15, 0.2) is 0 Å². The molecule has 2 amide bonds. The molecule has 94 valence electrons. The highest BCUT2D eigenvalue weighted by Gasteiger charge is 2.01. The molecule has 3 nitrogen and oxygen atoms in total. The van der Waals surface area contributed by atoms with Gasteiger partial charge in [-0.25, -0.2) is 4.79 Å². The van der Waals surface area contributed by atoms with E-state index in [9.17, 15) is 4.79 Å². The van der Waals surface area contributed by atoms with Crippen LogP contribution in [0, 0.1) is 0 Å². The maximum absolute atomic E-state index is 11.3. The summed E-state index contributed by atoms with van der Waals surface area (Å²) < 4.78 is 0. The molecule has 3 aromatic rings. The third-order valence-corrected chi connectivity index (χ3v) is 3.19. The minimum atomic E-state index is -0.208. The van der Waals surface area contributed by atoms with Gasteiger partial charge in [-0.1, -0.05) is 30.3 Å². The molecule has 2 N–H and O–H groups in total. The maximum atomic E-state index is 11.3. The summed E-state index contributed by atoms with van der Waals surface area (Å²) in [7, 11) is 1.60. The molecule has 0 aliphatic carbocycles. The Hall–Kier alpha value is -2.55. The Morgan fingerprint density at radius 3 is 2.16 bits per heavy atom. The van der Waals surface area contributed by atoms with Crippen molar-refractivity contribution in [3.63, 3.8) is 0 Å². The van der Waals surface area contributed by atoms with Crippen molar-refractivity contribution in [2.75, 3.05) is 12.4 Å². The van der Waals surface area contributed by atoms with E-state index in [-0.39, 0.29) is 6.03 Å². The number of hydrogen-bond donors (Lipinski definition) is 2. The molecular weight excluding hydrogens is 236 g/mol. The van der Waals surface area contributed by atoms with Gasteiger partial charge in [0, 0.05) is 12.7 Å². The van der Waals surface area contributed by atoms with Crippen molar-refractivity contribution in [3.05, 3.63) is 54.6 Å². The van der Waals surface area contributed by atoms with Gasteiger partial charge in [-0.15, -0.1) is 0 Å². The van der Waals surface area contributed by atoms with Crippen molar-refractivity contribution >= 4 is 33.3 Å². The monoisotopic (exact) mass is 250 g/mol. The number of urea groups is 1. The number of anilines is 1. The fraction of sp³-hybridized carbons (Fsp3) is 0.0625. The molecule has 3 rings (SSSR count). The van der Waals surface area contributed by atoms with Gasteiger partial charge >= 0.3 is 6.03 Å². The number of amides is 2. The van der Waals surface area contributed by atoms with E-state index in [4.69, 9.17) is 0 Å². The summed E-state index contributed by atoms with van der Waals surface area (Å²) in [5, 5.41) is 10.0. The van der Waals surface area contributed by atoms with Crippen LogP contribution in [0.15, 0.2) is 54.6 Å². The first-order valence-corrected chi connectivity index (χ1v) is 6.17. The van der Waals surface area contributed by atoms with Crippen molar-refractivity contribution in [2.45, 2.75) is 0 Å². The molecule has 0 atom stereocenters. The number of carbonyl (C=O) groups is 1. The first-order chi connectivity index (χ1) is 9.26. The van der Waals surface area contributed by atoms with Gasteiger partial charge in [0.1, 0.15) is 0 Å². The zero-order valence-electron chi connectivity index (χ0n) is 10.6. The van der Waals surface area contributed by atoms with E-state index in [0.29, 0.717) is 0 Å². The fourth-order valence-electron chi connectivity index (χ4n) is 2.21. The summed E-state index contributed by atoms with van der Waals surface area (Å²) in [5.41, 5.74) is 0.794. The molecule has 19 heavy (non-hydrogen) atoms. The number of carbonyl (C=O) groups excluding carboxylic acids is 1. The SMILES string of the molecule is CNC(=O)Nc1ccc2cc3ccccc3cc2c1. The van der Waals surface area contributed by atoms with Crippen LogP contribution in [0.4, 0.5) is 10.5 Å². The minimum Gasteiger partial charge on any atom is -0.341 e. The summed E-state index contributed by atoms with van der Waals surface area (Å²) in [5.74, 6) is 0. The number of hydrogen-bond acceptors (Lipinski definition) is 1. The second kappa shape index (κ2) is 4.61. The van der Waals surface area contributed by atoms with E-state index in [0.717, 1.165) is 11.1 Å². The van der Waals surface area contributed by atoms with E-state index < -0.39 is 0 Å². The Balaban J connectivity index is 2.11. The summed E-state index contributed by atoms with van der Waals surface area (Å²) in [6.07, 6.45) is 0. The maximum Gasteiger partial charge on any atom is 0.318 e. The summed E-state index contributed by atoms with van der Waals surface area (Å²) >= 11 is 0. The van der Waals surface area contributed by atoms with Crippen molar-refractivity contribution in [3.8, 4) is 0 Å². The summed E-state index contributed by atoms with van der Waals surface area (Å²) in [6, 6.07) is 18.3. The lowest BCUT2D eigenvalue weighted by atomic mass is 10.0. The molecule has 0 bridgehead atoms. The molecule has 0 aliphatic heterocycles. The normalized spacial score (nSPS) is 10.6. The molecule has 0 saturated carbocycles. The van der Waals surface area contributed by atoms with Crippen LogP contribution >= 0.6 is 0 Å². The smallest absolute Gasteiger partial charge is 0.318 e. The quantitative estimate of drug-likeness (QED) is 0.634. The van der Waals surface area contributed by atoms with Crippen molar-refractivity contribution in [1.82, 2.24) is 5.32 Å². The van der Waals surface area contributed by atoms with Gasteiger partial charge < -0.3 is 10.6 Å². The molecule has 0 heterocycles. The molecule has 0 spiro atoms.